The third-order valence-corrected chi connectivity index (χ3v) is 16.2. The third kappa shape index (κ3) is 11.7. The Bertz CT molecular complexity index is 2420. The number of nitrogens with zero attached hydrogens (tertiary/aromatic N) is 9. The number of carbonyl (C=O) groups is 3. The van der Waals surface area contributed by atoms with Gasteiger partial charge in [0.15, 0.2) is 12.4 Å². The van der Waals surface area contributed by atoms with E-state index in [-0.39, 0.29) is 46.8 Å². The lowest BCUT2D eigenvalue weighted by Crippen LogP contribution is -2.63. The summed E-state index contributed by atoms with van der Waals surface area (Å²) >= 11 is 0. The van der Waals surface area contributed by atoms with Gasteiger partial charge in [-0.05, 0) is 91.8 Å². The molecule has 5 saturated heterocycles. The Morgan fingerprint density at radius 1 is 0.767 bits per heavy atom. The molecule has 7 heterocycles. The van der Waals surface area contributed by atoms with Gasteiger partial charge in [-0.2, -0.15) is 13.2 Å². The molecule has 3 aromatic rings. The van der Waals surface area contributed by atoms with Crippen LogP contribution in [0.1, 0.15) is 114 Å². The molecule has 0 bridgehead atoms. The van der Waals surface area contributed by atoms with Crippen molar-refractivity contribution in [2.75, 3.05) is 72.1 Å². The summed E-state index contributed by atoms with van der Waals surface area (Å²) in [5, 5.41) is 36.8. The molecule has 0 radical (unpaired) electrons. The van der Waals surface area contributed by atoms with Gasteiger partial charge < -0.3 is 44.6 Å². The van der Waals surface area contributed by atoms with Gasteiger partial charge in [-0.15, -0.1) is 0 Å². The first kappa shape index (κ1) is 54.5. The Morgan fingerprint density at radius 3 is 1.86 bits per heavy atom. The van der Waals surface area contributed by atoms with E-state index in [9.17, 15) is 42.9 Å². The molecule has 5 aliphatic heterocycles. The maximum atomic E-state index is 14.2. The number of carboxylic acids is 1. The number of piperidine rings is 2. The fourth-order valence-corrected chi connectivity index (χ4v) is 11.5. The summed E-state index contributed by atoms with van der Waals surface area (Å²) in [7, 11) is 0. The smallest absolute Gasteiger partial charge is 0.416 e. The first-order valence-electron chi connectivity index (χ1n) is 25.4. The van der Waals surface area contributed by atoms with E-state index < -0.39 is 61.1 Å². The minimum atomic E-state index is -4.58. The average Bonchev–Trinajstić information content (AvgIpc) is 3.35. The van der Waals surface area contributed by atoms with Gasteiger partial charge in [-0.3, -0.25) is 24.3 Å². The zero-order valence-electron chi connectivity index (χ0n) is 42.8. The zero-order chi connectivity index (χ0) is 52.6. The summed E-state index contributed by atoms with van der Waals surface area (Å²) in [5.41, 5.74) is 1.93. The number of aryl methyl sites for hydroxylation is 3. The molecule has 5 aliphatic rings. The maximum absolute atomic E-state index is 14.2. The Kier molecular flexibility index (Phi) is 16.6. The Morgan fingerprint density at radius 2 is 1.32 bits per heavy atom. The fourth-order valence-electron chi connectivity index (χ4n) is 11.5. The normalized spacial score (nSPS) is 27.9. The second-order valence-corrected chi connectivity index (χ2v) is 21.1. The van der Waals surface area contributed by atoms with Gasteiger partial charge in [-0.1, -0.05) is 12.1 Å². The van der Waals surface area contributed by atoms with Gasteiger partial charge in [0, 0.05) is 88.6 Å². The summed E-state index contributed by atoms with van der Waals surface area (Å²) in [6, 6.07) is 4.28. The number of ether oxygens (including phenoxy) is 3. The van der Waals surface area contributed by atoms with Crippen molar-refractivity contribution in [3.63, 3.8) is 0 Å². The van der Waals surface area contributed by atoms with Crippen molar-refractivity contribution in [2.45, 2.75) is 147 Å². The maximum Gasteiger partial charge on any atom is 0.416 e. The van der Waals surface area contributed by atoms with Crippen LogP contribution in [0.5, 0.6) is 0 Å². The molecule has 22 heteroatoms. The number of aliphatic carboxylic acids is 1. The Hall–Kier alpha value is -4.78. The number of aliphatic hydroxyl groups is 2. The number of alkyl halides is 3. The quantitative estimate of drug-likeness (QED) is 0.193. The molecular weight excluding hydrogens is 954 g/mol. The van der Waals surface area contributed by atoms with E-state index in [1.54, 1.807) is 25.7 Å². The van der Waals surface area contributed by atoms with E-state index in [4.69, 9.17) is 14.2 Å². The van der Waals surface area contributed by atoms with E-state index in [0.29, 0.717) is 92.9 Å². The highest BCUT2D eigenvalue weighted by atomic mass is 19.4. The topological polar surface area (TPSA) is 219 Å². The highest BCUT2D eigenvalue weighted by Gasteiger charge is 2.50. The number of aromatic nitrogens is 4. The summed E-state index contributed by atoms with van der Waals surface area (Å²) in [4.78, 5) is 68.1. The van der Waals surface area contributed by atoms with Gasteiger partial charge in [0.2, 0.25) is 0 Å². The standard InChI is InChI=1S/C51H71F3N10O9/c1-30-24-62(21-16-55-30)49(6)12-19-61(20-13-49)46(68)40-34(5)58-29-59-37(40)26-71-43-41(65)44(47(69)70)73-48(42(43)66)72-27-38(35-8-10-36(11-9-35)51(52,53)54)64-23-22-63(25-31(64)2)50(7)14-17-60(18-15-50)45(67)39-32(3)56-28-57-33(39)4/h8-11,28-31,38,41-44,48,55,65-66H,12-27H2,1-7H3,(H,69,70)/t30-,31-,38-,41?,42?,43?,44?,48?/m0/s1. The third-order valence-electron chi connectivity index (χ3n) is 16.2. The van der Waals surface area contributed by atoms with Crippen LogP contribution in [0.25, 0.3) is 0 Å². The fraction of sp³-hybridized carbons (Fsp3) is 0.667. The Balaban J connectivity index is 0.949. The number of carbonyl (C=O) groups excluding carboxylic acids is 2. The predicted octanol–water partition coefficient (Wildman–Crippen LogP) is 3.37. The highest BCUT2D eigenvalue weighted by Crippen LogP contribution is 2.37. The molecule has 2 amide bonds. The van der Waals surface area contributed by atoms with Crippen molar-refractivity contribution < 1.29 is 57.1 Å². The van der Waals surface area contributed by atoms with Gasteiger partial charge >= 0.3 is 12.1 Å². The van der Waals surface area contributed by atoms with Crippen LogP contribution < -0.4 is 5.32 Å². The average molecular weight is 1030 g/mol. The number of nitrogens with one attached hydrogen (secondary N) is 1. The first-order valence-corrected chi connectivity index (χ1v) is 25.4. The summed E-state index contributed by atoms with van der Waals surface area (Å²) in [6.45, 7) is 19.7. The molecule has 2 aromatic heterocycles. The lowest BCUT2D eigenvalue weighted by atomic mass is 9.86. The van der Waals surface area contributed by atoms with Gasteiger partial charge in [0.05, 0.1) is 58.7 Å². The molecule has 1 aromatic carbocycles. The van der Waals surface area contributed by atoms with Crippen LogP contribution in [0.15, 0.2) is 36.9 Å². The first-order chi connectivity index (χ1) is 34.6. The number of amides is 2. The number of benzene rings is 1. The van der Waals surface area contributed by atoms with E-state index in [2.05, 4.69) is 60.7 Å². The van der Waals surface area contributed by atoms with Crippen molar-refractivity contribution in [1.29, 1.82) is 0 Å². The van der Waals surface area contributed by atoms with Crippen LogP contribution in [-0.4, -0.2) is 203 Å². The van der Waals surface area contributed by atoms with Crippen LogP contribution in [-0.2, 0) is 31.8 Å². The zero-order valence-corrected chi connectivity index (χ0v) is 42.8. The van der Waals surface area contributed by atoms with Crippen LogP contribution in [0, 0.1) is 20.8 Å². The summed E-state index contributed by atoms with van der Waals surface area (Å²) in [5.74, 6) is -1.93. The SMILES string of the molecule is Cc1ncnc(C)c1C(=O)N1CCC(C)(N2CCN([C@@H](COC3OC(C(=O)O)C(O)C(OCc4ncnc(C)c4C(=O)N4CCC(C)(N5CCN[C@@H](C)C5)CC4)C3O)c3ccc(C(F)(F)F)cc3)[C@@H](C)C2)CC1. The highest BCUT2D eigenvalue weighted by molar-refractivity contribution is 5.97. The van der Waals surface area contributed by atoms with Gasteiger partial charge in [0.25, 0.3) is 11.8 Å². The molecule has 400 valence electrons. The van der Waals surface area contributed by atoms with Crippen molar-refractivity contribution in [3.05, 3.63) is 81.9 Å². The molecule has 73 heavy (non-hydrogen) atoms. The minimum Gasteiger partial charge on any atom is -0.479 e. The lowest BCUT2D eigenvalue weighted by molar-refractivity contribution is -0.305. The van der Waals surface area contributed by atoms with Crippen molar-refractivity contribution >= 4 is 17.8 Å². The molecule has 8 atom stereocenters. The molecule has 5 fully saturated rings. The molecule has 4 N–H and O–H groups in total. The van der Waals surface area contributed by atoms with Crippen molar-refractivity contribution in [2.24, 2.45) is 0 Å². The molecule has 0 spiro atoms. The largest absolute Gasteiger partial charge is 0.479 e. The summed E-state index contributed by atoms with van der Waals surface area (Å²) < 4.78 is 59.5. The van der Waals surface area contributed by atoms with E-state index in [0.717, 1.165) is 44.6 Å². The number of hydrogen-bond acceptors (Lipinski definition) is 16. The van der Waals surface area contributed by atoms with Crippen LogP contribution in [0.2, 0.25) is 0 Å². The second kappa shape index (κ2) is 22.2. The number of likely N-dealkylation sites (tertiary alicyclic amines) is 2. The molecular formula is C51H71F3N10O9. The van der Waals surface area contributed by atoms with Crippen molar-refractivity contribution in [1.82, 2.24) is 49.8 Å². The second-order valence-electron chi connectivity index (χ2n) is 21.1. The Labute approximate surface area is 424 Å². The minimum absolute atomic E-state index is 0.0683. The molecule has 0 saturated carbocycles. The number of piperazine rings is 2. The van der Waals surface area contributed by atoms with E-state index in [1.165, 1.54) is 24.8 Å². The van der Waals surface area contributed by atoms with Crippen LogP contribution in [0.4, 0.5) is 13.2 Å². The molecule has 19 nitrogen and oxygen atoms in total. The monoisotopic (exact) mass is 1020 g/mol. The number of rotatable bonds is 13. The van der Waals surface area contributed by atoms with Crippen molar-refractivity contribution in [3.8, 4) is 0 Å². The number of halogens is 3. The van der Waals surface area contributed by atoms with Crippen LogP contribution >= 0.6 is 0 Å². The van der Waals surface area contributed by atoms with Gasteiger partial charge in [0.1, 0.15) is 31.0 Å². The number of aliphatic hydroxyl groups excluding tert-OH is 2. The predicted molar refractivity (Wildman–Crippen MR) is 259 cm³/mol. The number of carboxylic acid groups (broad SMARTS) is 1. The van der Waals surface area contributed by atoms with Gasteiger partial charge in [-0.25, -0.2) is 24.7 Å². The van der Waals surface area contributed by atoms with E-state index >= 15 is 0 Å². The number of hydrogen-bond donors (Lipinski definition) is 4. The lowest BCUT2D eigenvalue weighted by Gasteiger charge is -2.53. The van der Waals surface area contributed by atoms with Crippen LogP contribution in [0.3, 0.4) is 0 Å². The summed E-state index contributed by atoms with van der Waals surface area (Å²) in [6.07, 6.45) is -7.70. The molecule has 8 rings (SSSR count). The molecule has 5 unspecified atom stereocenters. The molecule has 0 aliphatic carbocycles. The van der Waals surface area contributed by atoms with E-state index in [1.807, 2.05) is 11.8 Å².